The highest BCUT2D eigenvalue weighted by molar-refractivity contribution is 5.70. The van der Waals surface area contributed by atoms with Crippen molar-refractivity contribution >= 4 is 12.7 Å². The number of carbonyl (C=O) groups is 1. The standard InChI is InChI=1S/C28H34FNO4/c1-7-19(8-13-27(31)32)14-21(30-5)18-34-23-9-11-24(20(15-23)17-28(2,3)4)25-16-22(33-6)10-12-26(25)29/h7,9-12,14-16H,5,8,13,17-18H2,1-4,6H3,(H,31,32)/b19-7-,21-14-. The van der Waals surface area contributed by atoms with Gasteiger partial charge in [0.15, 0.2) is 0 Å². The van der Waals surface area contributed by atoms with Gasteiger partial charge in [0, 0.05) is 12.0 Å². The number of carboxylic acids is 1. The van der Waals surface area contributed by atoms with E-state index in [1.165, 1.54) is 6.07 Å². The third kappa shape index (κ3) is 8.18. The number of aliphatic carboxylic acids is 1. The van der Waals surface area contributed by atoms with Gasteiger partial charge in [-0.25, -0.2) is 4.39 Å². The van der Waals surface area contributed by atoms with Crippen LogP contribution in [0.5, 0.6) is 11.5 Å². The number of methoxy groups -OCH3 is 1. The predicted octanol–water partition coefficient (Wildman–Crippen LogP) is 6.86. The summed E-state index contributed by atoms with van der Waals surface area (Å²) in [4.78, 5) is 14.9. The normalized spacial score (nSPS) is 12.4. The maximum atomic E-state index is 14.7. The molecule has 0 aromatic heterocycles. The maximum absolute atomic E-state index is 14.7. The second-order valence-electron chi connectivity index (χ2n) is 9.24. The zero-order chi connectivity index (χ0) is 25.3. The SMILES string of the molecule is C=N/C(=C\C(=C/C)CCC(=O)O)COc1ccc(-c2cc(OC)ccc2F)c(CC(C)(C)C)c1. The molecule has 0 aliphatic heterocycles. The molecule has 0 amide bonds. The van der Waals surface area contributed by atoms with Gasteiger partial charge in [0.05, 0.1) is 12.8 Å². The van der Waals surface area contributed by atoms with Crippen molar-refractivity contribution in [3.05, 3.63) is 71.2 Å². The molecule has 34 heavy (non-hydrogen) atoms. The van der Waals surface area contributed by atoms with E-state index in [9.17, 15) is 9.18 Å². The Morgan fingerprint density at radius 1 is 1.12 bits per heavy atom. The summed E-state index contributed by atoms with van der Waals surface area (Å²) in [6.07, 6.45) is 4.82. The predicted molar refractivity (Wildman–Crippen MR) is 135 cm³/mol. The van der Waals surface area contributed by atoms with Crippen LogP contribution in [-0.4, -0.2) is 31.5 Å². The quantitative estimate of drug-likeness (QED) is 0.289. The summed E-state index contributed by atoms with van der Waals surface area (Å²) < 4.78 is 26.0. The molecule has 0 aliphatic carbocycles. The number of aliphatic imine (C=N–C) groups is 1. The summed E-state index contributed by atoms with van der Waals surface area (Å²) in [5.41, 5.74) is 3.66. The third-order valence-electron chi connectivity index (χ3n) is 5.20. The average Bonchev–Trinajstić information content (AvgIpc) is 2.78. The first-order valence-electron chi connectivity index (χ1n) is 11.2. The minimum Gasteiger partial charge on any atom is -0.497 e. The van der Waals surface area contributed by atoms with Crippen molar-refractivity contribution < 1.29 is 23.8 Å². The molecule has 2 aromatic rings. The Morgan fingerprint density at radius 2 is 1.82 bits per heavy atom. The van der Waals surface area contributed by atoms with Crippen LogP contribution in [0.4, 0.5) is 4.39 Å². The Bertz CT molecular complexity index is 1080. The van der Waals surface area contributed by atoms with Crippen molar-refractivity contribution in [3.63, 3.8) is 0 Å². The molecule has 1 N–H and O–H groups in total. The molecule has 0 atom stereocenters. The van der Waals surface area contributed by atoms with E-state index in [4.69, 9.17) is 14.6 Å². The highest BCUT2D eigenvalue weighted by atomic mass is 19.1. The van der Waals surface area contributed by atoms with Gasteiger partial charge in [-0.05, 0) is 85.0 Å². The second kappa shape index (κ2) is 12.2. The van der Waals surface area contributed by atoms with Crippen LogP contribution < -0.4 is 9.47 Å². The van der Waals surface area contributed by atoms with Crippen LogP contribution in [-0.2, 0) is 11.2 Å². The second-order valence-corrected chi connectivity index (χ2v) is 9.24. The highest BCUT2D eigenvalue weighted by Gasteiger charge is 2.18. The number of carboxylic acid groups (broad SMARTS) is 1. The fourth-order valence-electron chi connectivity index (χ4n) is 3.53. The third-order valence-corrected chi connectivity index (χ3v) is 5.20. The fraction of sp³-hybridized carbons (Fsp3) is 0.357. The zero-order valence-corrected chi connectivity index (χ0v) is 20.7. The van der Waals surface area contributed by atoms with Crippen molar-refractivity contribution in [2.24, 2.45) is 10.4 Å². The zero-order valence-electron chi connectivity index (χ0n) is 20.7. The Kier molecular flexibility index (Phi) is 9.60. The van der Waals surface area contributed by atoms with Crippen molar-refractivity contribution in [1.29, 1.82) is 0 Å². The monoisotopic (exact) mass is 467 g/mol. The molecule has 0 saturated heterocycles. The van der Waals surface area contributed by atoms with Crippen molar-refractivity contribution in [1.82, 2.24) is 0 Å². The summed E-state index contributed by atoms with van der Waals surface area (Å²) >= 11 is 0. The summed E-state index contributed by atoms with van der Waals surface area (Å²) in [6.45, 7) is 12.0. The van der Waals surface area contributed by atoms with E-state index in [1.807, 2.05) is 31.2 Å². The topological polar surface area (TPSA) is 68.1 Å². The van der Waals surface area contributed by atoms with E-state index in [0.717, 1.165) is 23.1 Å². The van der Waals surface area contributed by atoms with Crippen LogP contribution in [0.1, 0.15) is 46.1 Å². The molecule has 6 heteroatoms. The van der Waals surface area contributed by atoms with Crippen LogP contribution >= 0.6 is 0 Å². The fourth-order valence-corrected chi connectivity index (χ4v) is 3.53. The first-order valence-corrected chi connectivity index (χ1v) is 11.2. The minimum absolute atomic E-state index is 0.0264. The summed E-state index contributed by atoms with van der Waals surface area (Å²) in [6, 6.07) is 10.3. The molecule has 0 radical (unpaired) electrons. The number of allylic oxidation sites excluding steroid dienone is 3. The van der Waals surface area contributed by atoms with Gasteiger partial charge in [0.25, 0.3) is 0 Å². The van der Waals surface area contributed by atoms with Gasteiger partial charge in [-0.1, -0.05) is 32.9 Å². The molecule has 0 bridgehead atoms. The van der Waals surface area contributed by atoms with E-state index < -0.39 is 5.97 Å². The number of benzene rings is 2. The lowest BCUT2D eigenvalue weighted by atomic mass is 9.84. The van der Waals surface area contributed by atoms with E-state index in [2.05, 4.69) is 32.5 Å². The first kappa shape index (κ1) is 26.8. The van der Waals surface area contributed by atoms with Gasteiger partial charge < -0.3 is 14.6 Å². The lowest BCUT2D eigenvalue weighted by Gasteiger charge is -2.22. The average molecular weight is 468 g/mol. The number of nitrogens with zero attached hydrogens (tertiary/aromatic N) is 1. The summed E-state index contributed by atoms with van der Waals surface area (Å²) in [5, 5.41) is 8.92. The molecule has 0 unspecified atom stereocenters. The molecular weight excluding hydrogens is 433 g/mol. The Balaban J connectivity index is 2.33. The van der Waals surface area contributed by atoms with Gasteiger partial charge in [0.2, 0.25) is 0 Å². The molecule has 2 rings (SSSR count). The van der Waals surface area contributed by atoms with Crippen LogP contribution in [0.3, 0.4) is 0 Å². The minimum atomic E-state index is -0.851. The molecule has 2 aromatic carbocycles. The van der Waals surface area contributed by atoms with Gasteiger partial charge in [0.1, 0.15) is 23.9 Å². The highest BCUT2D eigenvalue weighted by Crippen LogP contribution is 2.35. The van der Waals surface area contributed by atoms with E-state index in [1.54, 1.807) is 25.3 Å². The number of hydrogen-bond acceptors (Lipinski definition) is 4. The number of halogens is 1. The van der Waals surface area contributed by atoms with Gasteiger partial charge in [-0.2, -0.15) is 0 Å². The van der Waals surface area contributed by atoms with Gasteiger partial charge in [-0.3, -0.25) is 9.79 Å². The van der Waals surface area contributed by atoms with Crippen LogP contribution in [0.2, 0.25) is 0 Å². The van der Waals surface area contributed by atoms with Crippen molar-refractivity contribution in [3.8, 4) is 22.6 Å². The van der Waals surface area contributed by atoms with Crippen LogP contribution in [0, 0.1) is 11.2 Å². The molecular formula is C28H34FNO4. The Hall–Kier alpha value is -3.41. The maximum Gasteiger partial charge on any atom is 0.303 e. The number of rotatable bonds is 11. The largest absolute Gasteiger partial charge is 0.497 e. The van der Waals surface area contributed by atoms with Crippen LogP contribution in [0.15, 0.2) is 64.8 Å². The lowest BCUT2D eigenvalue weighted by molar-refractivity contribution is -0.136. The van der Waals surface area contributed by atoms with Gasteiger partial charge in [-0.15, -0.1) is 0 Å². The van der Waals surface area contributed by atoms with E-state index in [0.29, 0.717) is 29.2 Å². The molecule has 0 aliphatic rings. The molecule has 0 fully saturated rings. The summed E-state index contributed by atoms with van der Waals surface area (Å²) in [5.74, 6) is 0.0587. The van der Waals surface area contributed by atoms with Crippen LogP contribution in [0.25, 0.3) is 11.1 Å². The summed E-state index contributed by atoms with van der Waals surface area (Å²) in [7, 11) is 1.56. The van der Waals surface area contributed by atoms with Crippen molar-refractivity contribution in [2.75, 3.05) is 13.7 Å². The molecule has 0 spiro atoms. The Labute approximate surface area is 201 Å². The van der Waals surface area contributed by atoms with E-state index >= 15 is 0 Å². The molecule has 5 nitrogen and oxygen atoms in total. The van der Waals surface area contributed by atoms with Gasteiger partial charge >= 0.3 is 5.97 Å². The van der Waals surface area contributed by atoms with E-state index in [-0.39, 0.29) is 24.3 Å². The molecule has 0 saturated carbocycles. The number of ether oxygens (including phenoxy) is 2. The van der Waals surface area contributed by atoms with Crippen molar-refractivity contribution in [2.45, 2.75) is 47.0 Å². The smallest absolute Gasteiger partial charge is 0.303 e. The lowest BCUT2D eigenvalue weighted by Crippen LogP contribution is -2.11. The molecule has 182 valence electrons. The number of hydrogen-bond donors (Lipinski definition) is 1. The first-order chi connectivity index (χ1) is 16.1. The Morgan fingerprint density at radius 3 is 2.41 bits per heavy atom. The molecule has 0 heterocycles.